The summed E-state index contributed by atoms with van der Waals surface area (Å²) in [7, 11) is 1.68. The Morgan fingerprint density at radius 1 is 1.27 bits per heavy atom. The Balaban J connectivity index is 1.45. The van der Waals surface area contributed by atoms with E-state index in [1.54, 1.807) is 13.1 Å². The molecule has 0 radical (unpaired) electrons. The smallest absolute Gasteiger partial charge is 0.408 e. The van der Waals surface area contributed by atoms with Crippen LogP contribution in [0.15, 0.2) is 51.7 Å². The number of hydrogen-bond acceptors (Lipinski definition) is 5. The normalized spacial score (nSPS) is 19.5. The van der Waals surface area contributed by atoms with E-state index in [1.165, 1.54) is 4.57 Å². The minimum atomic E-state index is -0.571. The van der Waals surface area contributed by atoms with E-state index in [-0.39, 0.29) is 17.7 Å². The van der Waals surface area contributed by atoms with E-state index in [2.05, 4.69) is 23.6 Å². The number of hydrogen-bond donors (Lipinski definition) is 2. The first-order chi connectivity index (χ1) is 14.4. The van der Waals surface area contributed by atoms with Gasteiger partial charge >= 0.3 is 5.76 Å². The fourth-order valence-electron chi connectivity index (χ4n) is 3.91. The number of carbonyl (C=O) groups excluding carboxylic acids is 1. The van der Waals surface area contributed by atoms with E-state index >= 15 is 0 Å². The number of nitriles is 1. The second-order valence-electron chi connectivity index (χ2n) is 7.90. The fourth-order valence-corrected chi connectivity index (χ4v) is 3.91. The van der Waals surface area contributed by atoms with Crippen LogP contribution < -0.4 is 16.4 Å². The number of aryl methyl sites for hydroxylation is 1. The highest BCUT2D eigenvalue weighted by atomic mass is 16.4. The Morgan fingerprint density at radius 3 is 2.67 bits per heavy atom. The van der Waals surface area contributed by atoms with Gasteiger partial charge in [0.05, 0.1) is 17.6 Å². The second-order valence-corrected chi connectivity index (χ2v) is 7.90. The summed E-state index contributed by atoms with van der Waals surface area (Å²) in [6.07, 6.45) is 2.21. The molecule has 1 aliphatic rings. The van der Waals surface area contributed by atoms with Crippen molar-refractivity contribution in [2.75, 3.05) is 0 Å². The molecule has 1 fully saturated rings. The Kier molecular flexibility index (Phi) is 5.42. The summed E-state index contributed by atoms with van der Waals surface area (Å²) in [5.74, 6) is -0.495. The van der Waals surface area contributed by atoms with Gasteiger partial charge in [-0.15, -0.1) is 0 Å². The lowest BCUT2D eigenvalue weighted by molar-refractivity contribution is -0.123. The SMILES string of the molecule is CC1CCC(C(=O)NC(C#N)Cc2ccc(-c3ccc4oc(=O)n(C)c4c3)cc2)N1. The maximum atomic E-state index is 12.4. The maximum Gasteiger partial charge on any atom is 0.419 e. The zero-order chi connectivity index (χ0) is 21.3. The Morgan fingerprint density at radius 2 is 2.00 bits per heavy atom. The summed E-state index contributed by atoms with van der Waals surface area (Å²) in [6, 6.07) is 15.2. The first-order valence-corrected chi connectivity index (χ1v) is 10.1. The number of amides is 1. The number of rotatable bonds is 5. The van der Waals surface area contributed by atoms with Gasteiger partial charge in [-0.25, -0.2) is 4.79 Å². The van der Waals surface area contributed by atoms with Gasteiger partial charge in [0.1, 0.15) is 6.04 Å². The van der Waals surface area contributed by atoms with Crippen LogP contribution in [-0.4, -0.2) is 28.6 Å². The zero-order valence-electron chi connectivity index (χ0n) is 17.0. The van der Waals surface area contributed by atoms with Crippen molar-refractivity contribution in [2.45, 2.75) is 44.3 Å². The number of nitrogens with zero attached hydrogens (tertiary/aromatic N) is 2. The largest absolute Gasteiger partial charge is 0.419 e. The molecule has 3 atom stereocenters. The lowest BCUT2D eigenvalue weighted by Gasteiger charge is -2.16. The van der Waals surface area contributed by atoms with Gasteiger partial charge in [-0.1, -0.05) is 30.3 Å². The highest BCUT2D eigenvalue weighted by molar-refractivity contribution is 5.83. The zero-order valence-corrected chi connectivity index (χ0v) is 17.0. The van der Waals surface area contributed by atoms with Gasteiger partial charge in [0, 0.05) is 19.5 Å². The van der Waals surface area contributed by atoms with Crippen LogP contribution in [0, 0.1) is 11.3 Å². The molecule has 30 heavy (non-hydrogen) atoms. The number of oxazole rings is 1. The highest BCUT2D eigenvalue weighted by Crippen LogP contribution is 2.24. The molecule has 2 N–H and O–H groups in total. The van der Waals surface area contributed by atoms with Gasteiger partial charge in [0.15, 0.2) is 5.58 Å². The molecule has 0 spiro atoms. The third-order valence-electron chi connectivity index (χ3n) is 5.68. The molecule has 154 valence electrons. The molecule has 1 amide bonds. The maximum absolute atomic E-state index is 12.4. The van der Waals surface area contributed by atoms with Crippen LogP contribution in [0.1, 0.15) is 25.3 Å². The summed E-state index contributed by atoms with van der Waals surface area (Å²) in [5, 5.41) is 15.6. The Hall–Kier alpha value is -3.37. The van der Waals surface area contributed by atoms with Crippen LogP contribution in [0.25, 0.3) is 22.2 Å². The molecule has 1 saturated heterocycles. The Bertz CT molecular complexity index is 1170. The van der Waals surface area contributed by atoms with Crippen molar-refractivity contribution in [3.8, 4) is 17.2 Å². The lowest BCUT2D eigenvalue weighted by atomic mass is 10.0. The molecule has 0 saturated carbocycles. The predicted octanol–water partition coefficient (Wildman–Crippen LogP) is 2.49. The fraction of sp³-hybridized carbons (Fsp3) is 0.348. The van der Waals surface area contributed by atoms with Crippen LogP contribution in [0.3, 0.4) is 0 Å². The minimum Gasteiger partial charge on any atom is -0.408 e. The highest BCUT2D eigenvalue weighted by Gasteiger charge is 2.27. The van der Waals surface area contributed by atoms with Gasteiger partial charge in [-0.2, -0.15) is 5.26 Å². The van der Waals surface area contributed by atoms with Crippen molar-refractivity contribution in [1.29, 1.82) is 5.26 Å². The molecule has 4 rings (SSSR count). The first-order valence-electron chi connectivity index (χ1n) is 10.1. The van der Waals surface area contributed by atoms with E-state index in [9.17, 15) is 14.9 Å². The van der Waals surface area contributed by atoms with E-state index in [4.69, 9.17) is 4.42 Å². The van der Waals surface area contributed by atoms with Crippen LogP contribution in [-0.2, 0) is 18.3 Å². The van der Waals surface area contributed by atoms with Crippen molar-refractivity contribution in [3.63, 3.8) is 0 Å². The third-order valence-corrected chi connectivity index (χ3v) is 5.68. The van der Waals surface area contributed by atoms with Crippen LogP contribution in [0.2, 0.25) is 0 Å². The summed E-state index contributed by atoms with van der Waals surface area (Å²) in [6.45, 7) is 2.06. The topological polar surface area (TPSA) is 100 Å². The number of aromatic nitrogens is 1. The average Bonchev–Trinajstić information content (AvgIpc) is 3.31. The molecule has 7 heteroatoms. The second kappa shape index (κ2) is 8.17. The quantitative estimate of drug-likeness (QED) is 0.681. The van der Waals surface area contributed by atoms with Gasteiger partial charge < -0.3 is 15.1 Å². The van der Waals surface area contributed by atoms with Crippen molar-refractivity contribution in [3.05, 3.63) is 58.6 Å². The van der Waals surface area contributed by atoms with Crippen molar-refractivity contribution < 1.29 is 9.21 Å². The molecular formula is C23H24N4O3. The molecule has 3 unspecified atom stereocenters. The van der Waals surface area contributed by atoms with E-state index in [0.717, 1.165) is 35.0 Å². The van der Waals surface area contributed by atoms with Gasteiger partial charge in [-0.3, -0.25) is 9.36 Å². The van der Waals surface area contributed by atoms with Crippen LogP contribution in [0.5, 0.6) is 0 Å². The summed E-state index contributed by atoms with van der Waals surface area (Å²) >= 11 is 0. The summed E-state index contributed by atoms with van der Waals surface area (Å²) in [4.78, 5) is 24.0. The molecule has 0 aliphatic carbocycles. The molecule has 2 heterocycles. The van der Waals surface area contributed by atoms with Gasteiger partial charge in [-0.05, 0) is 48.6 Å². The molecule has 1 aromatic heterocycles. The minimum absolute atomic E-state index is 0.110. The number of fused-ring (bicyclic) bond motifs is 1. The number of benzene rings is 2. The molecule has 2 aromatic carbocycles. The molecule has 0 bridgehead atoms. The lowest BCUT2D eigenvalue weighted by Crippen LogP contribution is -2.46. The van der Waals surface area contributed by atoms with Crippen LogP contribution in [0.4, 0.5) is 0 Å². The average molecular weight is 404 g/mol. The molecule has 1 aliphatic heterocycles. The van der Waals surface area contributed by atoms with Gasteiger partial charge in [0.2, 0.25) is 5.91 Å². The standard InChI is InChI=1S/C23H24N4O3/c1-14-3-9-19(25-14)22(28)26-18(13-24)11-15-4-6-16(7-5-15)17-8-10-21-20(12-17)27(2)23(29)30-21/h4-8,10,12,14,18-19,25H,3,9,11H2,1-2H3,(H,26,28). The van der Waals surface area contributed by atoms with E-state index in [1.807, 2.05) is 36.4 Å². The molecular weight excluding hydrogens is 380 g/mol. The summed E-state index contributed by atoms with van der Waals surface area (Å²) < 4.78 is 6.66. The monoisotopic (exact) mass is 404 g/mol. The van der Waals surface area contributed by atoms with Crippen molar-refractivity contribution in [1.82, 2.24) is 15.2 Å². The van der Waals surface area contributed by atoms with E-state index in [0.29, 0.717) is 18.0 Å². The Labute approximate surface area is 174 Å². The van der Waals surface area contributed by atoms with E-state index < -0.39 is 6.04 Å². The number of carbonyl (C=O) groups is 1. The van der Waals surface area contributed by atoms with Crippen molar-refractivity contribution >= 4 is 17.0 Å². The summed E-state index contributed by atoms with van der Waals surface area (Å²) in [5.41, 5.74) is 4.23. The van der Waals surface area contributed by atoms with Gasteiger partial charge in [0.25, 0.3) is 0 Å². The molecule has 7 nitrogen and oxygen atoms in total. The van der Waals surface area contributed by atoms with Crippen molar-refractivity contribution in [2.24, 2.45) is 7.05 Å². The first kappa shape index (κ1) is 19.9. The predicted molar refractivity (Wildman–Crippen MR) is 114 cm³/mol. The third kappa shape index (κ3) is 4.00. The van der Waals surface area contributed by atoms with Crippen LogP contribution >= 0.6 is 0 Å². The number of nitrogens with one attached hydrogen (secondary N) is 2. The molecule has 3 aromatic rings.